The number of benzene rings is 1. The van der Waals surface area contributed by atoms with Crippen molar-refractivity contribution in [2.75, 3.05) is 18.1 Å². The average Bonchev–Trinajstić information content (AvgIpc) is 2.54. The Balaban J connectivity index is 1.77. The fourth-order valence-corrected chi connectivity index (χ4v) is 3.27. The van der Waals surface area contributed by atoms with Crippen LogP contribution in [0.4, 0.5) is 0 Å². The Hall–Kier alpha value is -1.53. The van der Waals surface area contributed by atoms with Crippen LogP contribution in [0.2, 0.25) is 0 Å². The molecule has 2 rings (SSSR count). The summed E-state index contributed by atoms with van der Waals surface area (Å²) in [7, 11) is 0. The molecule has 0 saturated carbocycles. The van der Waals surface area contributed by atoms with E-state index in [0.717, 1.165) is 25.2 Å². The molecule has 1 aromatic rings. The lowest BCUT2D eigenvalue weighted by Gasteiger charge is -2.22. The van der Waals surface area contributed by atoms with E-state index >= 15 is 0 Å². The summed E-state index contributed by atoms with van der Waals surface area (Å²) in [6.45, 7) is 0.798. The van der Waals surface area contributed by atoms with Gasteiger partial charge < -0.3 is 15.2 Å². The Labute approximate surface area is 134 Å². The summed E-state index contributed by atoms with van der Waals surface area (Å²) in [5.74, 6) is -0.301. The summed E-state index contributed by atoms with van der Waals surface area (Å²) in [5.41, 5.74) is 0.573. The van der Waals surface area contributed by atoms with Crippen LogP contribution in [0.15, 0.2) is 30.3 Å². The highest BCUT2D eigenvalue weighted by Crippen LogP contribution is 2.18. The smallest absolute Gasteiger partial charge is 0.330 e. The molecule has 0 aromatic heterocycles. The third-order valence-electron chi connectivity index (χ3n) is 3.50. The van der Waals surface area contributed by atoms with Crippen molar-refractivity contribution in [2.45, 2.75) is 31.4 Å². The van der Waals surface area contributed by atoms with Gasteiger partial charge in [-0.05, 0) is 24.8 Å². The van der Waals surface area contributed by atoms with Gasteiger partial charge >= 0.3 is 5.97 Å². The van der Waals surface area contributed by atoms with Gasteiger partial charge in [-0.3, -0.25) is 4.79 Å². The van der Waals surface area contributed by atoms with Gasteiger partial charge in [0.2, 0.25) is 5.91 Å². The molecule has 0 spiro atoms. The van der Waals surface area contributed by atoms with E-state index in [1.54, 1.807) is 24.3 Å². The van der Waals surface area contributed by atoms with Crippen LogP contribution in [-0.2, 0) is 14.3 Å². The zero-order valence-corrected chi connectivity index (χ0v) is 13.2. The normalized spacial score (nSPS) is 19.4. The number of rotatable bonds is 7. The van der Waals surface area contributed by atoms with Crippen molar-refractivity contribution in [1.29, 1.82) is 0 Å². The van der Waals surface area contributed by atoms with Crippen LogP contribution in [0.25, 0.3) is 0 Å². The van der Waals surface area contributed by atoms with Crippen molar-refractivity contribution in [1.82, 2.24) is 5.32 Å². The third-order valence-corrected chi connectivity index (χ3v) is 4.57. The molecule has 1 aliphatic heterocycles. The van der Waals surface area contributed by atoms with Gasteiger partial charge in [-0.2, -0.15) is 0 Å². The number of carboxylic acid groups (broad SMARTS) is 1. The monoisotopic (exact) mass is 323 g/mol. The largest absolute Gasteiger partial charge is 0.479 e. The first kappa shape index (κ1) is 16.8. The van der Waals surface area contributed by atoms with Crippen molar-refractivity contribution in [3.05, 3.63) is 35.9 Å². The molecule has 120 valence electrons. The van der Waals surface area contributed by atoms with Crippen molar-refractivity contribution < 1.29 is 19.4 Å². The van der Waals surface area contributed by atoms with Crippen LogP contribution in [-0.4, -0.2) is 41.2 Å². The van der Waals surface area contributed by atoms with Gasteiger partial charge in [0.1, 0.15) is 0 Å². The van der Waals surface area contributed by atoms with Crippen LogP contribution in [0.5, 0.6) is 0 Å². The molecule has 0 radical (unpaired) electrons. The maximum absolute atomic E-state index is 11.9. The van der Waals surface area contributed by atoms with Crippen molar-refractivity contribution in [3.8, 4) is 0 Å². The standard InChI is InChI=1S/C16H21NO4S/c18-14(11-22-10-13-8-4-5-9-21-13)17-15(16(19)20)12-6-2-1-3-7-12/h1-3,6-7,13,15H,4-5,8-11H2,(H,17,18)(H,19,20)/t13?,15-/m0/s1. The summed E-state index contributed by atoms with van der Waals surface area (Å²) >= 11 is 1.49. The van der Waals surface area contributed by atoms with Crippen LogP contribution in [0, 0.1) is 0 Å². The lowest BCUT2D eigenvalue weighted by atomic mass is 10.1. The summed E-state index contributed by atoms with van der Waals surface area (Å²) in [5, 5.41) is 11.8. The Bertz CT molecular complexity index is 488. The molecule has 6 heteroatoms. The number of carboxylic acids is 1. The van der Waals surface area contributed by atoms with Gasteiger partial charge in [0.15, 0.2) is 6.04 Å². The lowest BCUT2D eigenvalue weighted by Crippen LogP contribution is -2.35. The topological polar surface area (TPSA) is 75.6 Å². The zero-order valence-electron chi connectivity index (χ0n) is 12.4. The number of ether oxygens (including phenoxy) is 1. The minimum absolute atomic E-state index is 0.218. The maximum Gasteiger partial charge on any atom is 0.330 e. The SMILES string of the molecule is O=C(CSCC1CCCCO1)N[C@H](C(=O)O)c1ccccc1. The Kier molecular flexibility index (Phi) is 6.74. The fourth-order valence-electron chi connectivity index (χ4n) is 2.36. The summed E-state index contributed by atoms with van der Waals surface area (Å²) in [6, 6.07) is 7.72. The molecule has 0 bridgehead atoms. The molecule has 1 unspecified atom stereocenters. The Morgan fingerprint density at radius 1 is 1.32 bits per heavy atom. The predicted molar refractivity (Wildman–Crippen MR) is 85.9 cm³/mol. The molecular formula is C16H21NO4S. The van der Waals surface area contributed by atoms with Gasteiger partial charge in [0, 0.05) is 12.4 Å². The minimum atomic E-state index is -1.06. The molecule has 1 fully saturated rings. The quantitative estimate of drug-likeness (QED) is 0.805. The van der Waals surface area contributed by atoms with Gasteiger partial charge in [-0.15, -0.1) is 11.8 Å². The Morgan fingerprint density at radius 2 is 2.09 bits per heavy atom. The molecule has 1 aromatic carbocycles. The summed E-state index contributed by atoms with van der Waals surface area (Å²) in [6.07, 6.45) is 3.54. The van der Waals surface area contributed by atoms with E-state index in [4.69, 9.17) is 4.74 Å². The highest BCUT2D eigenvalue weighted by Gasteiger charge is 2.22. The summed E-state index contributed by atoms with van der Waals surface area (Å²) < 4.78 is 5.60. The van der Waals surface area contributed by atoms with Crippen molar-refractivity contribution >= 4 is 23.6 Å². The number of hydrogen-bond acceptors (Lipinski definition) is 4. The van der Waals surface area contributed by atoms with Gasteiger partial charge in [-0.1, -0.05) is 30.3 Å². The number of carbonyl (C=O) groups is 2. The van der Waals surface area contributed by atoms with E-state index in [2.05, 4.69) is 5.32 Å². The molecule has 1 saturated heterocycles. The molecule has 2 N–H and O–H groups in total. The van der Waals surface area contributed by atoms with E-state index in [1.807, 2.05) is 6.07 Å². The second kappa shape index (κ2) is 8.80. The molecular weight excluding hydrogens is 302 g/mol. The second-order valence-corrected chi connectivity index (χ2v) is 6.28. The molecule has 22 heavy (non-hydrogen) atoms. The lowest BCUT2D eigenvalue weighted by molar-refractivity contribution is -0.141. The molecule has 0 aliphatic carbocycles. The molecule has 1 amide bonds. The third kappa shape index (κ3) is 5.35. The van der Waals surface area contributed by atoms with Crippen LogP contribution >= 0.6 is 11.8 Å². The molecule has 1 aliphatic rings. The van der Waals surface area contributed by atoms with Crippen LogP contribution in [0.3, 0.4) is 0 Å². The zero-order chi connectivity index (χ0) is 15.8. The predicted octanol–water partition coefficient (Wildman–Crippen LogP) is 2.23. The number of amides is 1. The minimum Gasteiger partial charge on any atom is -0.479 e. The number of hydrogen-bond donors (Lipinski definition) is 2. The number of aliphatic carboxylic acids is 1. The van der Waals surface area contributed by atoms with Gasteiger partial charge in [0.05, 0.1) is 11.9 Å². The van der Waals surface area contributed by atoms with Crippen LogP contribution in [0.1, 0.15) is 30.9 Å². The van der Waals surface area contributed by atoms with Gasteiger partial charge in [-0.25, -0.2) is 4.79 Å². The number of carbonyl (C=O) groups excluding carboxylic acids is 1. The highest BCUT2D eigenvalue weighted by molar-refractivity contribution is 7.99. The first-order valence-electron chi connectivity index (χ1n) is 7.43. The Morgan fingerprint density at radius 3 is 2.73 bits per heavy atom. The van der Waals surface area contributed by atoms with E-state index < -0.39 is 12.0 Å². The maximum atomic E-state index is 11.9. The highest BCUT2D eigenvalue weighted by atomic mass is 32.2. The fraction of sp³-hybridized carbons (Fsp3) is 0.500. The second-order valence-electron chi connectivity index (χ2n) is 5.25. The van der Waals surface area contributed by atoms with E-state index in [-0.39, 0.29) is 17.8 Å². The molecule has 5 nitrogen and oxygen atoms in total. The number of thioether (sulfide) groups is 1. The van der Waals surface area contributed by atoms with Crippen LogP contribution < -0.4 is 5.32 Å². The van der Waals surface area contributed by atoms with E-state index in [9.17, 15) is 14.7 Å². The number of nitrogens with one attached hydrogen (secondary N) is 1. The first-order chi connectivity index (χ1) is 10.7. The van der Waals surface area contributed by atoms with Crippen molar-refractivity contribution in [2.24, 2.45) is 0 Å². The summed E-state index contributed by atoms with van der Waals surface area (Å²) in [4.78, 5) is 23.3. The molecule has 1 heterocycles. The first-order valence-corrected chi connectivity index (χ1v) is 8.59. The van der Waals surface area contributed by atoms with E-state index in [0.29, 0.717) is 5.56 Å². The average molecular weight is 323 g/mol. The molecule has 2 atom stereocenters. The van der Waals surface area contributed by atoms with Gasteiger partial charge in [0.25, 0.3) is 0 Å². The van der Waals surface area contributed by atoms with E-state index in [1.165, 1.54) is 18.2 Å². The van der Waals surface area contributed by atoms with Crippen molar-refractivity contribution in [3.63, 3.8) is 0 Å².